The van der Waals surface area contributed by atoms with E-state index in [-0.39, 0.29) is 5.95 Å². The van der Waals surface area contributed by atoms with Gasteiger partial charge in [-0.15, -0.1) is 0 Å². The Balaban J connectivity index is 1.91. The number of hydrogen-bond acceptors (Lipinski definition) is 7. The molecule has 8 heteroatoms. The Bertz CT molecular complexity index is 625. The third kappa shape index (κ3) is 2.27. The van der Waals surface area contributed by atoms with Gasteiger partial charge in [0, 0.05) is 19.6 Å². The van der Waals surface area contributed by atoms with E-state index < -0.39 is 5.60 Å². The molecule has 0 bridgehead atoms. The number of aliphatic hydroxyl groups is 1. The van der Waals surface area contributed by atoms with Crippen molar-refractivity contribution in [2.75, 3.05) is 44.4 Å². The molecule has 1 aliphatic heterocycles. The fourth-order valence-corrected chi connectivity index (χ4v) is 2.83. The molecule has 0 aliphatic carbocycles. The first-order valence-electron chi connectivity index (χ1n) is 6.55. The van der Waals surface area contributed by atoms with E-state index in [1.54, 1.807) is 6.20 Å². The maximum Gasteiger partial charge on any atom is 0.224 e. The first kappa shape index (κ1) is 13.1. The highest BCUT2D eigenvalue weighted by Gasteiger charge is 2.37. The van der Waals surface area contributed by atoms with Crippen molar-refractivity contribution in [2.24, 2.45) is 0 Å². The van der Waals surface area contributed by atoms with E-state index >= 15 is 0 Å². The zero-order chi connectivity index (χ0) is 14.3. The Labute approximate surface area is 116 Å². The van der Waals surface area contributed by atoms with E-state index in [4.69, 9.17) is 5.73 Å². The molecule has 8 nitrogen and oxygen atoms in total. The van der Waals surface area contributed by atoms with Crippen LogP contribution in [0.15, 0.2) is 6.20 Å². The Hall–Kier alpha value is -1.93. The molecule has 2 aromatic heterocycles. The summed E-state index contributed by atoms with van der Waals surface area (Å²) >= 11 is 0. The molecular formula is C12H19N7O. The van der Waals surface area contributed by atoms with Crippen molar-refractivity contribution in [3.8, 4) is 0 Å². The first-order chi connectivity index (χ1) is 9.47. The van der Waals surface area contributed by atoms with Gasteiger partial charge in [-0.25, -0.2) is 0 Å². The van der Waals surface area contributed by atoms with Crippen LogP contribution in [-0.4, -0.2) is 69.5 Å². The van der Waals surface area contributed by atoms with Gasteiger partial charge in [-0.1, -0.05) is 0 Å². The number of likely N-dealkylation sites (N-methyl/N-ethyl adjacent to an activating group) is 1. The number of nitrogens with zero attached hydrogens (tertiary/aromatic N) is 5. The average molecular weight is 277 g/mol. The van der Waals surface area contributed by atoms with Crippen LogP contribution in [0.4, 0.5) is 11.8 Å². The number of aromatic nitrogens is 4. The van der Waals surface area contributed by atoms with Gasteiger partial charge in [-0.2, -0.15) is 15.1 Å². The largest absolute Gasteiger partial charge is 0.387 e. The normalized spacial score (nSPS) is 23.1. The SMILES string of the molecule is CN(C)CC1(O)CCN(c2nc(N)nc3[nH]ncc23)C1. The topological polar surface area (TPSA) is 107 Å². The van der Waals surface area contributed by atoms with Gasteiger partial charge in [0.1, 0.15) is 5.82 Å². The molecule has 1 fully saturated rings. The van der Waals surface area contributed by atoms with Crippen LogP contribution in [0.2, 0.25) is 0 Å². The summed E-state index contributed by atoms with van der Waals surface area (Å²) in [4.78, 5) is 12.4. The molecule has 0 amide bonds. The van der Waals surface area contributed by atoms with Crippen LogP contribution in [-0.2, 0) is 0 Å². The van der Waals surface area contributed by atoms with Crippen LogP contribution < -0.4 is 10.6 Å². The lowest BCUT2D eigenvalue weighted by Gasteiger charge is -2.27. The highest BCUT2D eigenvalue weighted by Crippen LogP contribution is 2.30. The van der Waals surface area contributed by atoms with Crippen molar-refractivity contribution in [3.05, 3.63) is 6.20 Å². The second-order valence-electron chi connectivity index (χ2n) is 5.67. The number of β-amino-alcohol motifs (C(OH)–C–C–N with tert-alkyl or cyclic N) is 1. The van der Waals surface area contributed by atoms with Gasteiger partial charge < -0.3 is 20.6 Å². The first-order valence-corrected chi connectivity index (χ1v) is 6.55. The Morgan fingerprint density at radius 2 is 2.30 bits per heavy atom. The molecule has 3 rings (SSSR count). The molecule has 1 atom stereocenters. The van der Waals surface area contributed by atoms with Crippen LogP contribution in [0.5, 0.6) is 0 Å². The Morgan fingerprint density at radius 1 is 1.50 bits per heavy atom. The molecular weight excluding hydrogens is 258 g/mol. The van der Waals surface area contributed by atoms with Crippen molar-refractivity contribution in [2.45, 2.75) is 12.0 Å². The number of nitrogens with one attached hydrogen (secondary N) is 1. The van der Waals surface area contributed by atoms with Gasteiger partial charge in [0.25, 0.3) is 0 Å². The van der Waals surface area contributed by atoms with Crippen molar-refractivity contribution >= 4 is 22.8 Å². The average Bonchev–Trinajstić information content (AvgIpc) is 2.93. The maximum atomic E-state index is 10.6. The van der Waals surface area contributed by atoms with Crippen LogP contribution >= 0.6 is 0 Å². The Kier molecular flexibility index (Phi) is 2.98. The van der Waals surface area contributed by atoms with Gasteiger partial charge in [0.15, 0.2) is 5.65 Å². The number of fused-ring (bicyclic) bond motifs is 1. The van der Waals surface area contributed by atoms with E-state index in [0.29, 0.717) is 25.2 Å². The number of aromatic amines is 1. The zero-order valence-corrected chi connectivity index (χ0v) is 11.7. The van der Waals surface area contributed by atoms with Gasteiger partial charge >= 0.3 is 0 Å². The number of rotatable bonds is 3. The fraction of sp³-hybridized carbons (Fsp3) is 0.583. The summed E-state index contributed by atoms with van der Waals surface area (Å²) < 4.78 is 0. The Morgan fingerprint density at radius 3 is 3.05 bits per heavy atom. The molecule has 0 saturated carbocycles. The molecule has 2 aromatic rings. The smallest absolute Gasteiger partial charge is 0.224 e. The lowest BCUT2D eigenvalue weighted by Crippen LogP contribution is -2.42. The summed E-state index contributed by atoms with van der Waals surface area (Å²) in [5.74, 6) is 0.940. The number of nitrogens with two attached hydrogens (primary N) is 1. The molecule has 1 unspecified atom stereocenters. The maximum absolute atomic E-state index is 10.6. The number of hydrogen-bond donors (Lipinski definition) is 3. The van der Waals surface area contributed by atoms with Gasteiger partial charge in [-0.05, 0) is 20.5 Å². The lowest BCUT2D eigenvalue weighted by molar-refractivity contribution is 0.0366. The monoisotopic (exact) mass is 277 g/mol. The molecule has 3 heterocycles. The summed E-state index contributed by atoms with van der Waals surface area (Å²) in [6, 6.07) is 0. The number of nitrogen functional groups attached to an aromatic ring is 1. The number of H-pyrrole nitrogens is 1. The minimum absolute atomic E-state index is 0.208. The van der Waals surface area contributed by atoms with Crippen LogP contribution in [0.3, 0.4) is 0 Å². The third-order valence-corrected chi connectivity index (χ3v) is 3.55. The predicted molar refractivity (Wildman–Crippen MR) is 76.4 cm³/mol. The van der Waals surface area contributed by atoms with E-state index in [9.17, 15) is 5.11 Å². The van der Waals surface area contributed by atoms with Crippen LogP contribution in [0.1, 0.15) is 6.42 Å². The molecule has 0 aromatic carbocycles. The van der Waals surface area contributed by atoms with Crippen molar-refractivity contribution < 1.29 is 5.11 Å². The summed E-state index contributed by atoms with van der Waals surface area (Å²) in [6.45, 7) is 1.89. The summed E-state index contributed by atoms with van der Waals surface area (Å²) in [5, 5.41) is 18.2. The molecule has 4 N–H and O–H groups in total. The van der Waals surface area contributed by atoms with Crippen molar-refractivity contribution in [1.82, 2.24) is 25.1 Å². The summed E-state index contributed by atoms with van der Waals surface area (Å²) in [6.07, 6.45) is 2.39. The molecule has 108 valence electrons. The highest BCUT2D eigenvalue weighted by atomic mass is 16.3. The van der Waals surface area contributed by atoms with Crippen LogP contribution in [0, 0.1) is 0 Å². The van der Waals surface area contributed by atoms with Gasteiger partial charge in [0.05, 0.1) is 17.2 Å². The molecule has 1 aliphatic rings. The van der Waals surface area contributed by atoms with Crippen molar-refractivity contribution in [3.63, 3.8) is 0 Å². The lowest BCUT2D eigenvalue weighted by atomic mass is 10.0. The van der Waals surface area contributed by atoms with E-state index in [1.807, 2.05) is 23.9 Å². The fourth-order valence-electron chi connectivity index (χ4n) is 2.83. The standard InChI is InChI=1S/C12H19N7O/c1-18(2)6-12(20)3-4-19(7-12)10-8-5-14-17-9(8)15-11(13)16-10/h5,20H,3-4,6-7H2,1-2H3,(H3,13,14,15,16,17). The molecule has 0 spiro atoms. The van der Waals surface area contributed by atoms with Crippen LogP contribution in [0.25, 0.3) is 11.0 Å². The predicted octanol–water partition coefficient (Wildman–Crippen LogP) is -0.562. The van der Waals surface area contributed by atoms with Gasteiger partial charge in [-0.3, -0.25) is 5.10 Å². The minimum Gasteiger partial charge on any atom is -0.387 e. The van der Waals surface area contributed by atoms with E-state index in [2.05, 4.69) is 20.2 Å². The second kappa shape index (κ2) is 4.57. The van der Waals surface area contributed by atoms with E-state index in [0.717, 1.165) is 17.7 Å². The summed E-state index contributed by atoms with van der Waals surface area (Å²) in [5.41, 5.74) is 5.63. The molecule has 0 radical (unpaired) electrons. The minimum atomic E-state index is -0.723. The number of anilines is 2. The quantitative estimate of drug-likeness (QED) is 0.690. The molecule has 20 heavy (non-hydrogen) atoms. The third-order valence-electron chi connectivity index (χ3n) is 3.55. The highest BCUT2D eigenvalue weighted by molar-refractivity contribution is 5.87. The van der Waals surface area contributed by atoms with Gasteiger partial charge in [0.2, 0.25) is 5.95 Å². The summed E-state index contributed by atoms with van der Waals surface area (Å²) in [7, 11) is 3.91. The zero-order valence-electron chi connectivity index (χ0n) is 11.7. The van der Waals surface area contributed by atoms with Crippen molar-refractivity contribution in [1.29, 1.82) is 0 Å². The second-order valence-corrected chi connectivity index (χ2v) is 5.67. The molecule has 1 saturated heterocycles. The van der Waals surface area contributed by atoms with E-state index in [1.165, 1.54) is 0 Å².